The number of halogens is 3. The minimum atomic E-state index is -0.813. The van der Waals surface area contributed by atoms with Crippen LogP contribution in [0.2, 0.25) is 5.02 Å². The van der Waals surface area contributed by atoms with E-state index in [-0.39, 0.29) is 59.8 Å². The SMILES string of the molecule is CON(C)C(=O)COCc1ccc(COCCOc2cccc(F)c2-c2c(Cl)cc3c(N4CCN(C(=O)OC(C)(C)C)CC4)ncnc3c2F)cc1. The van der Waals surface area contributed by atoms with Crippen molar-refractivity contribution in [3.05, 3.63) is 82.6 Å². The number of hydrogen-bond acceptors (Lipinski definition) is 10. The molecule has 1 aromatic heterocycles. The lowest BCUT2D eigenvalue weighted by Gasteiger charge is -2.36. The highest BCUT2D eigenvalue weighted by Crippen LogP contribution is 2.42. The summed E-state index contributed by atoms with van der Waals surface area (Å²) < 4.78 is 54.3. The molecule has 12 nitrogen and oxygen atoms in total. The highest BCUT2D eigenvalue weighted by Gasteiger charge is 2.29. The van der Waals surface area contributed by atoms with E-state index in [1.165, 1.54) is 44.8 Å². The number of amides is 2. The Morgan fingerprint density at radius 3 is 2.25 bits per heavy atom. The van der Waals surface area contributed by atoms with Crippen molar-refractivity contribution < 1.29 is 42.2 Å². The minimum Gasteiger partial charge on any atom is -0.490 e. The van der Waals surface area contributed by atoms with Crippen LogP contribution in [-0.2, 0) is 37.1 Å². The van der Waals surface area contributed by atoms with Gasteiger partial charge in [-0.05, 0) is 50.1 Å². The molecule has 1 saturated heterocycles. The standard InChI is InChI=1S/C37H42ClF2N5O7/c1-37(2,3)52-36(47)45-15-13-44(14-16-45)35-26-19-27(38)31(33(40)34(26)41-23-42-35)32-28(39)7-6-8-29(32)51-18-17-49-20-24-9-11-25(12-10-24)21-50-22-30(46)43(4)48-5/h6-12,19,23H,13-18,20-22H2,1-5H3. The maximum absolute atomic E-state index is 16.3. The topological polar surface area (TPSA) is 116 Å². The number of fused-ring (bicyclic) bond motifs is 1. The average Bonchev–Trinajstić information content (AvgIpc) is 3.11. The van der Waals surface area contributed by atoms with Crippen LogP contribution in [0.4, 0.5) is 19.4 Å². The van der Waals surface area contributed by atoms with Gasteiger partial charge in [-0.2, -0.15) is 0 Å². The second-order valence-electron chi connectivity index (χ2n) is 13.0. The van der Waals surface area contributed by atoms with E-state index in [0.717, 1.165) is 16.2 Å². The van der Waals surface area contributed by atoms with Crippen LogP contribution in [0.25, 0.3) is 22.0 Å². The zero-order chi connectivity index (χ0) is 37.4. The van der Waals surface area contributed by atoms with E-state index < -0.39 is 23.3 Å². The molecule has 0 atom stereocenters. The van der Waals surface area contributed by atoms with Crippen molar-refractivity contribution in [1.82, 2.24) is 19.9 Å². The maximum atomic E-state index is 16.3. The Morgan fingerprint density at radius 2 is 1.60 bits per heavy atom. The summed E-state index contributed by atoms with van der Waals surface area (Å²) in [5.74, 6) is -1.28. The first-order valence-electron chi connectivity index (χ1n) is 16.7. The van der Waals surface area contributed by atoms with Crippen molar-refractivity contribution in [2.75, 3.05) is 65.1 Å². The van der Waals surface area contributed by atoms with Gasteiger partial charge < -0.3 is 28.7 Å². The average molecular weight is 742 g/mol. The Kier molecular flexibility index (Phi) is 12.8. The van der Waals surface area contributed by atoms with Crippen molar-refractivity contribution in [2.45, 2.75) is 39.6 Å². The number of hydroxylamine groups is 2. The first-order valence-corrected chi connectivity index (χ1v) is 17.0. The summed E-state index contributed by atoms with van der Waals surface area (Å²) in [6.45, 7) is 7.73. The van der Waals surface area contributed by atoms with E-state index in [1.54, 1.807) is 4.90 Å². The molecule has 0 saturated carbocycles. The molecule has 1 fully saturated rings. The van der Waals surface area contributed by atoms with Crippen LogP contribution < -0.4 is 9.64 Å². The van der Waals surface area contributed by atoms with Crippen molar-refractivity contribution in [3.8, 4) is 16.9 Å². The molecule has 4 aromatic rings. The third kappa shape index (κ3) is 9.62. The third-order valence-corrected chi connectivity index (χ3v) is 8.45. The predicted octanol–water partition coefficient (Wildman–Crippen LogP) is 6.42. The van der Waals surface area contributed by atoms with Gasteiger partial charge in [-0.15, -0.1) is 0 Å². The fourth-order valence-electron chi connectivity index (χ4n) is 5.47. The van der Waals surface area contributed by atoms with Gasteiger partial charge >= 0.3 is 6.09 Å². The van der Waals surface area contributed by atoms with Gasteiger partial charge in [0, 0.05) is 44.2 Å². The minimum absolute atomic E-state index is 0.0266. The zero-order valence-corrected chi connectivity index (χ0v) is 30.5. The van der Waals surface area contributed by atoms with Crippen LogP contribution in [0.5, 0.6) is 5.75 Å². The van der Waals surface area contributed by atoms with Gasteiger partial charge in [-0.1, -0.05) is 41.9 Å². The van der Waals surface area contributed by atoms with Crippen LogP contribution in [0, 0.1) is 11.6 Å². The predicted molar refractivity (Wildman–Crippen MR) is 191 cm³/mol. The molecule has 0 bridgehead atoms. The van der Waals surface area contributed by atoms with Crippen LogP contribution in [0.3, 0.4) is 0 Å². The molecule has 2 heterocycles. The number of hydrogen-bond donors (Lipinski definition) is 0. The van der Waals surface area contributed by atoms with Crippen LogP contribution in [0.1, 0.15) is 31.9 Å². The second-order valence-corrected chi connectivity index (χ2v) is 13.4. The molecule has 0 unspecified atom stereocenters. The van der Waals surface area contributed by atoms with Crippen LogP contribution in [-0.4, -0.2) is 97.7 Å². The highest BCUT2D eigenvalue weighted by molar-refractivity contribution is 6.34. The molecule has 1 aliphatic heterocycles. The molecule has 5 rings (SSSR count). The molecule has 0 radical (unpaired) electrons. The summed E-state index contributed by atoms with van der Waals surface area (Å²) in [6.07, 6.45) is 0.853. The summed E-state index contributed by atoms with van der Waals surface area (Å²) in [5, 5.41) is 1.42. The molecule has 1 aliphatic rings. The lowest BCUT2D eigenvalue weighted by Crippen LogP contribution is -2.50. The Hall–Kier alpha value is -4.63. The van der Waals surface area contributed by atoms with Crippen LogP contribution >= 0.6 is 11.6 Å². The van der Waals surface area contributed by atoms with Crippen LogP contribution in [0.15, 0.2) is 54.9 Å². The molecule has 0 N–H and O–H groups in total. The molecular weight excluding hydrogens is 700 g/mol. The molecule has 2 amide bonds. The van der Waals surface area contributed by atoms with Crippen molar-refractivity contribution in [1.29, 1.82) is 0 Å². The van der Waals surface area contributed by atoms with Crippen molar-refractivity contribution in [3.63, 3.8) is 0 Å². The maximum Gasteiger partial charge on any atom is 0.410 e. The van der Waals surface area contributed by atoms with E-state index in [2.05, 4.69) is 9.97 Å². The number of nitrogens with zero attached hydrogens (tertiary/aromatic N) is 5. The fraction of sp³-hybridized carbons (Fsp3) is 0.405. The number of piperazine rings is 1. The molecule has 0 aliphatic carbocycles. The van der Waals surface area contributed by atoms with Crippen molar-refractivity contribution >= 4 is 40.3 Å². The monoisotopic (exact) mass is 741 g/mol. The zero-order valence-electron chi connectivity index (χ0n) is 29.8. The van der Waals surface area contributed by atoms with Gasteiger partial charge in [-0.25, -0.2) is 28.6 Å². The molecule has 15 heteroatoms. The van der Waals surface area contributed by atoms with Gasteiger partial charge in [0.2, 0.25) is 0 Å². The summed E-state index contributed by atoms with van der Waals surface area (Å²) in [5.41, 5.74) is 0.842. The number of carbonyl (C=O) groups is 2. The van der Waals surface area contributed by atoms with E-state index in [0.29, 0.717) is 44.0 Å². The largest absolute Gasteiger partial charge is 0.490 e. The van der Waals surface area contributed by atoms with Gasteiger partial charge in [0.05, 0.1) is 37.5 Å². The number of carbonyl (C=O) groups excluding carboxylic acids is 2. The van der Waals surface area contributed by atoms with Gasteiger partial charge in [0.15, 0.2) is 5.82 Å². The van der Waals surface area contributed by atoms with Gasteiger partial charge in [0.25, 0.3) is 5.91 Å². The first-order chi connectivity index (χ1) is 24.9. The van der Waals surface area contributed by atoms with E-state index in [9.17, 15) is 9.59 Å². The summed E-state index contributed by atoms with van der Waals surface area (Å²) in [7, 11) is 2.91. The number of benzene rings is 3. The highest BCUT2D eigenvalue weighted by atomic mass is 35.5. The van der Waals surface area contributed by atoms with Gasteiger partial charge in [-0.3, -0.25) is 9.63 Å². The molecule has 3 aromatic carbocycles. The Labute approximate surface area is 306 Å². The van der Waals surface area contributed by atoms with Gasteiger partial charge in [0.1, 0.15) is 48.0 Å². The number of ether oxygens (including phenoxy) is 4. The lowest BCUT2D eigenvalue weighted by molar-refractivity contribution is -0.173. The van der Waals surface area contributed by atoms with E-state index in [4.69, 9.17) is 35.4 Å². The second kappa shape index (κ2) is 17.3. The first kappa shape index (κ1) is 38.6. The summed E-state index contributed by atoms with van der Waals surface area (Å²) in [6, 6.07) is 13.3. The summed E-state index contributed by atoms with van der Waals surface area (Å²) >= 11 is 6.69. The normalized spacial score (nSPS) is 13.4. The summed E-state index contributed by atoms with van der Waals surface area (Å²) in [4.78, 5) is 41.3. The van der Waals surface area contributed by atoms with Crippen molar-refractivity contribution in [2.24, 2.45) is 0 Å². The number of aromatic nitrogens is 2. The fourth-order valence-corrected chi connectivity index (χ4v) is 5.76. The van der Waals surface area contributed by atoms with E-state index in [1.807, 2.05) is 49.9 Å². The Morgan fingerprint density at radius 1 is 0.923 bits per heavy atom. The number of likely N-dealkylation sites (N-methyl/N-ethyl adjacent to an activating group) is 1. The Balaban J connectivity index is 1.21. The molecular formula is C37H42ClF2N5O7. The van der Waals surface area contributed by atoms with E-state index >= 15 is 8.78 Å². The smallest absolute Gasteiger partial charge is 0.410 e. The third-order valence-electron chi connectivity index (χ3n) is 8.15. The molecule has 0 spiro atoms. The number of anilines is 1. The Bertz CT molecular complexity index is 1870. The quantitative estimate of drug-likeness (QED) is 0.112. The lowest BCUT2D eigenvalue weighted by atomic mass is 10.0. The molecule has 52 heavy (non-hydrogen) atoms. The molecule has 278 valence electrons. The number of rotatable bonds is 13.